The molecular formula is C26H54O4. The van der Waals surface area contributed by atoms with Crippen LogP contribution in [-0.4, -0.2) is 48.8 Å². The Balaban J connectivity index is 4.07. The Morgan fingerprint density at radius 3 is 1.50 bits per heavy atom. The monoisotopic (exact) mass is 430 g/mol. The van der Waals surface area contributed by atoms with Crippen molar-refractivity contribution in [2.45, 2.75) is 123 Å². The second kappa shape index (κ2) is 20.7. The van der Waals surface area contributed by atoms with E-state index in [9.17, 15) is 5.11 Å². The Kier molecular flexibility index (Phi) is 20.6. The topological polar surface area (TPSA) is 58.9 Å². The molecule has 0 saturated heterocycles. The lowest BCUT2D eigenvalue weighted by Gasteiger charge is -2.28. The van der Waals surface area contributed by atoms with Gasteiger partial charge in [-0.25, -0.2) is 0 Å². The smallest absolute Gasteiger partial charge is 0.0880 e. The Hall–Kier alpha value is -0.160. The molecule has 4 heteroatoms. The van der Waals surface area contributed by atoms with Gasteiger partial charge in [-0.15, -0.1) is 0 Å². The van der Waals surface area contributed by atoms with Crippen molar-refractivity contribution in [3.63, 3.8) is 0 Å². The van der Waals surface area contributed by atoms with E-state index in [1.165, 1.54) is 64.2 Å². The van der Waals surface area contributed by atoms with Gasteiger partial charge in [-0.05, 0) is 24.7 Å². The van der Waals surface area contributed by atoms with E-state index >= 15 is 0 Å². The number of hydrogen-bond donors (Lipinski definition) is 2. The summed E-state index contributed by atoms with van der Waals surface area (Å²) in [7, 11) is 0. The molecule has 0 amide bonds. The third kappa shape index (κ3) is 21.1. The molecule has 0 spiro atoms. The van der Waals surface area contributed by atoms with E-state index in [0.29, 0.717) is 26.4 Å². The van der Waals surface area contributed by atoms with E-state index < -0.39 is 5.60 Å². The third-order valence-electron chi connectivity index (χ3n) is 5.83. The molecule has 0 fully saturated rings. The molecule has 0 aromatic heterocycles. The van der Waals surface area contributed by atoms with E-state index in [-0.39, 0.29) is 6.61 Å². The van der Waals surface area contributed by atoms with E-state index in [4.69, 9.17) is 14.6 Å². The van der Waals surface area contributed by atoms with Crippen molar-refractivity contribution in [1.29, 1.82) is 0 Å². The summed E-state index contributed by atoms with van der Waals surface area (Å²) in [6.07, 6.45) is 16.7. The van der Waals surface area contributed by atoms with Gasteiger partial charge in [0, 0.05) is 0 Å². The molecule has 0 bridgehead atoms. The van der Waals surface area contributed by atoms with E-state index in [1.54, 1.807) is 0 Å². The van der Waals surface area contributed by atoms with Gasteiger partial charge in [0.25, 0.3) is 0 Å². The summed E-state index contributed by atoms with van der Waals surface area (Å²) in [4.78, 5) is 0. The molecule has 0 aliphatic rings. The zero-order valence-corrected chi connectivity index (χ0v) is 20.8. The molecule has 0 unspecified atom stereocenters. The van der Waals surface area contributed by atoms with Gasteiger partial charge in [0.15, 0.2) is 0 Å². The van der Waals surface area contributed by atoms with Crippen molar-refractivity contribution >= 4 is 0 Å². The van der Waals surface area contributed by atoms with Crippen LogP contribution in [0, 0.1) is 11.8 Å². The Morgan fingerprint density at radius 1 is 0.600 bits per heavy atom. The molecule has 0 aliphatic carbocycles. The predicted octanol–water partition coefficient (Wildman–Crippen LogP) is 6.52. The molecule has 0 aliphatic heterocycles. The quantitative estimate of drug-likeness (QED) is 0.181. The number of rotatable bonds is 23. The summed E-state index contributed by atoms with van der Waals surface area (Å²) in [6, 6.07) is 0. The van der Waals surface area contributed by atoms with Crippen LogP contribution in [0.3, 0.4) is 0 Å². The molecule has 0 rings (SSSR count). The van der Waals surface area contributed by atoms with Crippen LogP contribution in [0.4, 0.5) is 0 Å². The zero-order chi connectivity index (χ0) is 22.5. The normalized spacial score (nSPS) is 12.4. The van der Waals surface area contributed by atoms with E-state index in [1.807, 2.05) is 0 Å². The summed E-state index contributed by atoms with van der Waals surface area (Å²) in [6.45, 7) is 10.9. The summed E-state index contributed by atoms with van der Waals surface area (Å²) < 4.78 is 11.0. The lowest BCUT2D eigenvalue weighted by Crippen LogP contribution is -2.35. The fourth-order valence-corrected chi connectivity index (χ4v) is 3.89. The van der Waals surface area contributed by atoms with Gasteiger partial charge < -0.3 is 19.7 Å². The Bertz CT molecular complexity index is 322. The SMILES string of the molecule is CC(C)CCCCCCCC(O)(CCCCCCCC(C)C)COCCOCCO. The number of aliphatic hydroxyl groups is 2. The molecule has 0 saturated carbocycles. The standard InChI is InChI=1S/C26H54O4/c1-24(2)15-11-7-5-9-13-17-26(28,23-30-22-21-29-20-19-27)18-14-10-6-8-12-16-25(3)4/h24-25,27-28H,5-23H2,1-4H3. The fraction of sp³-hybridized carbons (Fsp3) is 1.00. The maximum Gasteiger partial charge on any atom is 0.0880 e. The van der Waals surface area contributed by atoms with Crippen LogP contribution in [0.1, 0.15) is 118 Å². The van der Waals surface area contributed by atoms with Crippen LogP contribution in [0.15, 0.2) is 0 Å². The average Bonchev–Trinajstić information content (AvgIpc) is 2.69. The lowest BCUT2D eigenvalue weighted by molar-refractivity contribution is -0.0707. The van der Waals surface area contributed by atoms with E-state index in [0.717, 1.165) is 37.5 Å². The van der Waals surface area contributed by atoms with Gasteiger partial charge in [-0.2, -0.15) is 0 Å². The number of aliphatic hydroxyl groups excluding tert-OH is 1. The fourth-order valence-electron chi connectivity index (χ4n) is 3.89. The maximum atomic E-state index is 11.2. The van der Waals surface area contributed by atoms with Crippen LogP contribution in [-0.2, 0) is 9.47 Å². The second-order valence-corrected chi connectivity index (χ2v) is 10.0. The molecule has 0 aromatic carbocycles. The van der Waals surface area contributed by atoms with Gasteiger partial charge in [-0.3, -0.25) is 0 Å². The van der Waals surface area contributed by atoms with E-state index in [2.05, 4.69) is 27.7 Å². The highest BCUT2D eigenvalue weighted by Gasteiger charge is 2.26. The first kappa shape index (κ1) is 29.8. The molecule has 4 nitrogen and oxygen atoms in total. The molecular weight excluding hydrogens is 376 g/mol. The molecule has 0 heterocycles. The number of unbranched alkanes of at least 4 members (excludes halogenated alkanes) is 8. The van der Waals surface area contributed by atoms with Crippen molar-refractivity contribution in [2.24, 2.45) is 11.8 Å². The molecule has 0 radical (unpaired) electrons. The molecule has 30 heavy (non-hydrogen) atoms. The third-order valence-corrected chi connectivity index (χ3v) is 5.83. The van der Waals surface area contributed by atoms with Gasteiger partial charge in [0.05, 0.1) is 38.6 Å². The molecule has 182 valence electrons. The minimum atomic E-state index is -0.702. The van der Waals surface area contributed by atoms with Gasteiger partial charge >= 0.3 is 0 Å². The van der Waals surface area contributed by atoms with Gasteiger partial charge in [0.2, 0.25) is 0 Å². The van der Waals surface area contributed by atoms with Crippen molar-refractivity contribution in [3.8, 4) is 0 Å². The van der Waals surface area contributed by atoms with Crippen LogP contribution in [0.5, 0.6) is 0 Å². The largest absolute Gasteiger partial charge is 0.394 e. The first-order valence-corrected chi connectivity index (χ1v) is 12.9. The summed E-state index contributed by atoms with van der Waals surface area (Å²) in [5.74, 6) is 1.61. The van der Waals surface area contributed by atoms with Crippen LogP contribution < -0.4 is 0 Å². The predicted molar refractivity (Wildman–Crippen MR) is 128 cm³/mol. The van der Waals surface area contributed by atoms with Crippen LogP contribution >= 0.6 is 0 Å². The Labute approximate surface area is 188 Å². The minimum Gasteiger partial charge on any atom is -0.394 e. The molecule has 0 atom stereocenters. The molecule has 0 aromatic rings. The highest BCUT2D eigenvalue weighted by Crippen LogP contribution is 2.24. The molecule has 2 N–H and O–H groups in total. The van der Waals surface area contributed by atoms with Crippen LogP contribution in [0.2, 0.25) is 0 Å². The first-order chi connectivity index (χ1) is 14.4. The average molecular weight is 431 g/mol. The van der Waals surface area contributed by atoms with Crippen molar-refractivity contribution in [2.75, 3.05) is 33.0 Å². The van der Waals surface area contributed by atoms with Crippen LogP contribution in [0.25, 0.3) is 0 Å². The summed E-state index contributed by atoms with van der Waals surface area (Å²) in [5.41, 5.74) is -0.702. The maximum absolute atomic E-state index is 11.2. The first-order valence-electron chi connectivity index (χ1n) is 12.9. The number of hydrogen-bond acceptors (Lipinski definition) is 4. The van der Waals surface area contributed by atoms with Gasteiger partial charge in [0.1, 0.15) is 0 Å². The number of ether oxygens (including phenoxy) is 2. The Morgan fingerprint density at radius 2 is 1.03 bits per heavy atom. The van der Waals surface area contributed by atoms with Gasteiger partial charge in [-0.1, -0.05) is 105 Å². The zero-order valence-electron chi connectivity index (χ0n) is 20.8. The highest BCUT2D eigenvalue weighted by molar-refractivity contribution is 4.78. The second-order valence-electron chi connectivity index (χ2n) is 10.0. The van der Waals surface area contributed by atoms with Crippen molar-refractivity contribution in [1.82, 2.24) is 0 Å². The summed E-state index contributed by atoms with van der Waals surface area (Å²) in [5, 5.41) is 19.9. The summed E-state index contributed by atoms with van der Waals surface area (Å²) >= 11 is 0. The highest BCUT2D eigenvalue weighted by atomic mass is 16.5. The van der Waals surface area contributed by atoms with Crippen molar-refractivity contribution in [3.05, 3.63) is 0 Å². The minimum absolute atomic E-state index is 0.0400. The van der Waals surface area contributed by atoms with Crippen molar-refractivity contribution < 1.29 is 19.7 Å². The lowest BCUT2D eigenvalue weighted by atomic mass is 9.90.